The van der Waals surface area contributed by atoms with Gasteiger partial charge in [-0.05, 0) is 19.3 Å². The zero-order valence-electron chi connectivity index (χ0n) is 11.4. The maximum atomic E-state index is 11.8. The predicted octanol–water partition coefficient (Wildman–Crippen LogP) is 2.32. The first-order valence-electron chi connectivity index (χ1n) is 6.53. The summed E-state index contributed by atoms with van der Waals surface area (Å²) in [5.41, 5.74) is 0. The second kappa shape index (κ2) is 7.03. The Hall–Kier alpha value is -1.15. The maximum absolute atomic E-state index is 11.8. The fraction of sp³-hybridized carbons (Fsp3) is 0.667. The summed E-state index contributed by atoms with van der Waals surface area (Å²) in [7, 11) is 1.37. The van der Waals surface area contributed by atoms with Crippen molar-refractivity contribution in [3.63, 3.8) is 0 Å². The van der Waals surface area contributed by atoms with E-state index < -0.39 is 0 Å². The number of hydrogen-bond acceptors (Lipinski definition) is 7. The fourth-order valence-corrected chi connectivity index (χ4v) is 3.69. The Bertz CT molecular complexity index is 488. The molecule has 1 amide bonds. The quantitative estimate of drug-likeness (QED) is 0.493. The van der Waals surface area contributed by atoms with Crippen molar-refractivity contribution in [2.45, 2.75) is 42.2 Å². The Balaban J connectivity index is 1.90. The first kappa shape index (κ1) is 15.2. The number of rotatable bonds is 6. The molecule has 0 saturated heterocycles. The van der Waals surface area contributed by atoms with Gasteiger partial charge in [-0.1, -0.05) is 36.4 Å². The molecule has 0 unspecified atom stereocenters. The number of nitrogens with one attached hydrogen (secondary N) is 1. The van der Waals surface area contributed by atoms with Crippen LogP contribution in [-0.4, -0.2) is 34.4 Å². The van der Waals surface area contributed by atoms with Crippen LogP contribution in [-0.2, 0) is 14.3 Å². The molecule has 1 aliphatic carbocycles. The van der Waals surface area contributed by atoms with Crippen LogP contribution in [0.3, 0.4) is 0 Å². The van der Waals surface area contributed by atoms with Gasteiger partial charge in [0.05, 0.1) is 7.11 Å². The molecule has 1 aromatic rings. The molecule has 20 heavy (non-hydrogen) atoms. The molecule has 1 heterocycles. The zero-order chi connectivity index (χ0) is 14.5. The number of carbonyl (C=O) groups is 2. The topological polar surface area (TPSA) is 81.2 Å². The molecule has 1 saturated carbocycles. The first-order valence-corrected chi connectivity index (χ1v) is 8.22. The van der Waals surface area contributed by atoms with E-state index in [-0.39, 0.29) is 23.0 Å². The number of anilines is 1. The first-order chi connectivity index (χ1) is 9.63. The van der Waals surface area contributed by atoms with Crippen LogP contribution in [0.25, 0.3) is 0 Å². The smallest absolute Gasteiger partial charge is 0.319 e. The molecule has 1 aromatic heterocycles. The van der Waals surface area contributed by atoms with Crippen LogP contribution in [0.5, 0.6) is 0 Å². The second-order valence-electron chi connectivity index (χ2n) is 4.53. The van der Waals surface area contributed by atoms with Gasteiger partial charge in [-0.3, -0.25) is 9.59 Å². The lowest BCUT2D eigenvalue weighted by molar-refractivity contribution is -0.140. The number of aromatic nitrogens is 2. The van der Waals surface area contributed by atoms with E-state index >= 15 is 0 Å². The second-order valence-corrected chi connectivity index (χ2v) is 6.96. The number of hydrogen-bond donors (Lipinski definition) is 1. The molecule has 1 aliphatic rings. The van der Waals surface area contributed by atoms with Gasteiger partial charge in [-0.15, -0.1) is 10.2 Å². The molecule has 1 atom stereocenters. The Morgan fingerprint density at radius 1 is 1.50 bits per heavy atom. The summed E-state index contributed by atoms with van der Waals surface area (Å²) in [6, 6.07) is 0. The highest BCUT2D eigenvalue weighted by molar-refractivity contribution is 8.02. The number of amides is 1. The van der Waals surface area contributed by atoms with E-state index in [0.29, 0.717) is 15.9 Å². The molecule has 6 nitrogen and oxygen atoms in total. The van der Waals surface area contributed by atoms with Crippen molar-refractivity contribution < 1.29 is 14.3 Å². The number of carbonyl (C=O) groups excluding carboxylic acids is 2. The van der Waals surface area contributed by atoms with E-state index in [1.54, 1.807) is 0 Å². The van der Waals surface area contributed by atoms with Gasteiger partial charge in [0.1, 0.15) is 5.25 Å². The minimum atomic E-state index is -0.289. The standard InChI is InChI=1S/C12H17N3O3S2/c1-3-8(10(17)18-2)19-12-15-14-11(20-12)13-9(16)7-5-4-6-7/h7-8H,3-6H2,1-2H3,(H,13,14,16)/t8-/m1/s1. The lowest BCUT2D eigenvalue weighted by atomic mass is 9.85. The molecule has 2 rings (SSSR count). The van der Waals surface area contributed by atoms with Crippen LogP contribution in [0.2, 0.25) is 0 Å². The Kier molecular flexibility index (Phi) is 5.36. The van der Waals surface area contributed by atoms with Gasteiger partial charge in [-0.25, -0.2) is 0 Å². The summed E-state index contributed by atoms with van der Waals surface area (Å²) in [4.78, 5) is 23.3. The third-order valence-corrected chi connectivity index (χ3v) is 5.46. The predicted molar refractivity (Wildman–Crippen MR) is 77.8 cm³/mol. The van der Waals surface area contributed by atoms with Crippen LogP contribution < -0.4 is 5.32 Å². The lowest BCUT2D eigenvalue weighted by Crippen LogP contribution is -2.27. The highest BCUT2D eigenvalue weighted by Crippen LogP contribution is 2.32. The average Bonchev–Trinajstić information content (AvgIpc) is 2.80. The average molecular weight is 315 g/mol. The molecular formula is C12H17N3O3S2. The normalized spacial score (nSPS) is 16.3. The molecule has 0 bridgehead atoms. The van der Waals surface area contributed by atoms with Crippen molar-refractivity contribution in [1.82, 2.24) is 10.2 Å². The van der Waals surface area contributed by atoms with Crippen LogP contribution in [0, 0.1) is 5.92 Å². The highest BCUT2D eigenvalue weighted by Gasteiger charge is 2.26. The van der Waals surface area contributed by atoms with Gasteiger partial charge in [0.25, 0.3) is 0 Å². The van der Waals surface area contributed by atoms with E-state index in [0.717, 1.165) is 19.3 Å². The minimum Gasteiger partial charge on any atom is -0.468 e. The summed E-state index contributed by atoms with van der Waals surface area (Å²) < 4.78 is 5.39. The Labute approximate surface area is 125 Å². The fourth-order valence-electron chi connectivity index (χ4n) is 1.74. The van der Waals surface area contributed by atoms with E-state index in [4.69, 9.17) is 4.74 Å². The minimum absolute atomic E-state index is 0.0176. The summed E-state index contributed by atoms with van der Waals surface area (Å²) in [6.07, 6.45) is 3.67. The third-order valence-electron chi connectivity index (χ3n) is 3.19. The molecule has 0 aliphatic heterocycles. The number of methoxy groups -OCH3 is 1. The summed E-state index contributed by atoms with van der Waals surface area (Å²) in [5, 5.41) is 10.9. The van der Waals surface area contributed by atoms with Crippen molar-refractivity contribution in [2.75, 3.05) is 12.4 Å². The largest absolute Gasteiger partial charge is 0.468 e. The summed E-state index contributed by atoms with van der Waals surface area (Å²) >= 11 is 2.60. The van der Waals surface area contributed by atoms with E-state index in [1.807, 2.05) is 6.92 Å². The molecule has 1 fully saturated rings. The van der Waals surface area contributed by atoms with Crippen LogP contribution in [0.4, 0.5) is 5.13 Å². The number of thioether (sulfide) groups is 1. The monoisotopic (exact) mass is 315 g/mol. The molecular weight excluding hydrogens is 298 g/mol. The van der Waals surface area contributed by atoms with Gasteiger partial charge in [0.2, 0.25) is 11.0 Å². The van der Waals surface area contributed by atoms with Gasteiger partial charge >= 0.3 is 5.97 Å². The van der Waals surface area contributed by atoms with Gasteiger partial charge < -0.3 is 10.1 Å². The maximum Gasteiger partial charge on any atom is 0.319 e. The van der Waals surface area contributed by atoms with Crippen molar-refractivity contribution in [3.05, 3.63) is 0 Å². The van der Waals surface area contributed by atoms with E-state index in [9.17, 15) is 9.59 Å². The van der Waals surface area contributed by atoms with Crippen molar-refractivity contribution in [1.29, 1.82) is 0 Å². The Morgan fingerprint density at radius 3 is 2.80 bits per heavy atom. The van der Waals surface area contributed by atoms with Crippen LogP contribution in [0.1, 0.15) is 32.6 Å². The van der Waals surface area contributed by atoms with E-state index in [1.165, 1.54) is 30.2 Å². The van der Waals surface area contributed by atoms with Gasteiger partial charge in [-0.2, -0.15) is 0 Å². The molecule has 110 valence electrons. The number of nitrogens with zero attached hydrogens (tertiary/aromatic N) is 2. The SMILES string of the molecule is CC[C@@H](Sc1nnc(NC(=O)C2CCC2)s1)C(=O)OC. The highest BCUT2D eigenvalue weighted by atomic mass is 32.2. The Morgan fingerprint density at radius 2 is 2.25 bits per heavy atom. The zero-order valence-corrected chi connectivity index (χ0v) is 13.1. The lowest BCUT2D eigenvalue weighted by Gasteiger charge is -2.23. The number of ether oxygens (including phenoxy) is 1. The van der Waals surface area contributed by atoms with Crippen molar-refractivity contribution >= 4 is 40.1 Å². The molecule has 1 N–H and O–H groups in total. The van der Waals surface area contributed by atoms with Crippen molar-refractivity contribution in [3.8, 4) is 0 Å². The van der Waals surface area contributed by atoms with Crippen LogP contribution in [0.15, 0.2) is 4.34 Å². The molecule has 0 aromatic carbocycles. The molecule has 8 heteroatoms. The summed E-state index contributed by atoms with van der Waals surface area (Å²) in [5.74, 6) is -0.134. The third kappa shape index (κ3) is 3.69. The number of esters is 1. The van der Waals surface area contributed by atoms with Gasteiger partial charge in [0, 0.05) is 5.92 Å². The van der Waals surface area contributed by atoms with Crippen molar-refractivity contribution in [2.24, 2.45) is 5.92 Å². The summed E-state index contributed by atoms with van der Waals surface area (Å²) in [6.45, 7) is 1.91. The molecule has 0 spiro atoms. The van der Waals surface area contributed by atoms with Crippen LogP contribution >= 0.6 is 23.1 Å². The molecule has 0 radical (unpaired) electrons. The van der Waals surface area contributed by atoms with E-state index in [2.05, 4.69) is 15.5 Å². The van der Waals surface area contributed by atoms with Gasteiger partial charge in [0.15, 0.2) is 4.34 Å².